The number of carbonyl (C=O) groups is 2. The topological polar surface area (TPSA) is 40.6 Å². The van der Waals surface area contributed by atoms with Crippen molar-refractivity contribution in [1.29, 1.82) is 0 Å². The molecule has 2 aliphatic heterocycles. The second-order valence-electron chi connectivity index (χ2n) is 8.11. The summed E-state index contributed by atoms with van der Waals surface area (Å²) in [6, 6.07) is 11.4. The van der Waals surface area contributed by atoms with Crippen molar-refractivity contribution in [3.63, 3.8) is 0 Å². The molecule has 1 fully saturated rings. The van der Waals surface area contributed by atoms with Crippen LogP contribution >= 0.6 is 0 Å². The standard InChI is InChI=1S/C24H25FN2O2/c1-15-10-12-26(13-11-15)22-21(18-5-7-19(25)8-6-18)23(28)27(24(22)29)20-9-4-16(2)17(3)14-20/h4-9,14-15H,10-13H2,1-3H3. The fourth-order valence-corrected chi connectivity index (χ4v) is 4.02. The van der Waals surface area contributed by atoms with Crippen LogP contribution in [0, 0.1) is 25.6 Å². The van der Waals surface area contributed by atoms with Gasteiger partial charge in [-0.3, -0.25) is 9.59 Å². The molecule has 0 aliphatic carbocycles. The molecule has 2 amide bonds. The zero-order chi connectivity index (χ0) is 20.7. The van der Waals surface area contributed by atoms with E-state index in [4.69, 9.17) is 0 Å². The fraction of sp³-hybridized carbons (Fsp3) is 0.333. The molecule has 2 aliphatic rings. The lowest BCUT2D eigenvalue weighted by atomic mass is 9.97. The van der Waals surface area contributed by atoms with Crippen molar-refractivity contribution in [1.82, 2.24) is 4.90 Å². The van der Waals surface area contributed by atoms with Crippen molar-refractivity contribution >= 4 is 23.1 Å². The van der Waals surface area contributed by atoms with Crippen LogP contribution in [0.1, 0.15) is 36.5 Å². The molecule has 4 nitrogen and oxygen atoms in total. The lowest BCUT2D eigenvalue weighted by Gasteiger charge is -2.32. The Kier molecular flexibility index (Phi) is 4.99. The van der Waals surface area contributed by atoms with Gasteiger partial charge in [-0.25, -0.2) is 9.29 Å². The van der Waals surface area contributed by atoms with Crippen LogP contribution in [0.5, 0.6) is 0 Å². The number of rotatable bonds is 3. The Morgan fingerprint density at radius 2 is 1.55 bits per heavy atom. The zero-order valence-corrected chi connectivity index (χ0v) is 17.0. The second-order valence-corrected chi connectivity index (χ2v) is 8.11. The molecule has 4 rings (SSSR count). The normalized spacial score (nSPS) is 18.2. The van der Waals surface area contributed by atoms with Gasteiger partial charge >= 0.3 is 0 Å². The first-order valence-electron chi connectivity index (χ1n) is 10.1. The van der Waals surface area contributed by atoms with E-state index in [0.717, 1.165) is 37.1 Å². The zero-order valence-electron chi connectivity index (χ0n) is 17.0. The van der Waals surface area contributed by atoms with E-state index in [2.05, 4.69) is 6.92 Å². The molecular weight excluding hydrogens is 367 g/mol. The van der Waals surface area contributed by atoms with Crippen LogP contribution in [0.25, 0.3) is 5.57 Å². The van der Waals surface area contributed by atoms with E-state index in [1.807, 2.05) is 36.9 Å². The number of aryl methyl sites for hydroxylation is 2. The molecule has 0 aromatic heterocycles. The Balaban J connectivity index is 1.81. The molecule has 0 N–H and O–H groups in total. The number of piperidine rings is 1. The van der Waals surface area contributed by atoms with Crippen molar-refractivity contribution in [3.8, 4) is 0 Å². The summed E-state index contributed by atoms with van der Waals surface area (Å²) >= 11 is 0. The predicted octanol–water partition coefficient (Wildman–Crippen LogP) is 4.46. The summed E-state index contributed by atoms with van der Waals surface area (Å²) in [5.74, 6) is -0.416. The Hall–Kier alpha value is -2.95. The molecule has 150 valence electrons. The highest BCUT2D eigenvalue weighted by molar-refractivity contribution is 6.45. The van der Waals surface area contributed by atoms with Gasteiger partial charge in [0, 0.05) is 13.1 Å². The highest BCUT2D eigenvalue weighted by Crippen LogP contribution is 2.36. The van der Waals surface area contributed by atoms with Crippen LogP contribution < -0.4 is 4.90 Å². The average molecular weight is 392 g/mol. The number of hydrogen-bond donors (Lipinski definition) is 0. The number of hydrogen-bond acceptors (Lipinski definition) is 3. The van der Waals surface area contributed by atoms with E-state index in [9.17, 15) is 14.0 Å². The van der Waals surface area contributed by atoms with Gasteiger partial charge in [-0.1, -0.05) is 25.1 Å². The van der Waals surface area contributed by atoms with Gasteiger partial charge in [0.2, 0.25) is 0 Å². The summed E-state index contributed by atoms with van der Waals surface area (Å²) in [6.07, 6.45) is 1.95. The van der Waals surface area contributed by atoms with Crippen molar-refractivity contribution in [2.45, 2.75) is 33.6 Å². The SMILES string of the molecule is Cc1ccc(N2C(=O)C(c3ccc(F)cc3)=C(N3CCC(C)CC3)C2=O)cc1C. The number of likely N-dealkylation sites (tertiary alicyclic amines) is 1. The first-order valence-corrected chi connectivity index (χ1v) is 10.1. The van der Waals surface area contributed by atoms with Crippen molar-refractivity contribution < 1.29 is 14.0 Å². The molecule has 0 atom stereocenters. The first kappa shape index (κ1) is 19.4. The van der Waals surface area contributed by atoms with E-state index < -0.39 is 0 Å². The summed E-state index contributed by atoms with van der Waals surface area (Å²) in [4.78, 5) is 30.2. The highest BCUT2D eigenvalue weighted by atomic mass is 19.1. The van der Waals surface area contributed by atoms with Crippen LogP contribution in [0.15, 0.2) is 48.2 Å². The van der Waals surface area contributed by atoms with Gasteiger partial charge in [-0.05, 0) is 73.6 Å². The highest BCUT2D eigenvalue weighted by Gasteiger charge is 2.43. The molecule has 0 radical (unpaired) electrons. The number of nitrogens with zero attached hydrogens (tertiary/aromatic N) is 2. The van der Waals surface area contributed by atoms with Crippen molar-refractivity contribution in [3.05, 3.63) is 70.7 Å². The van der Waals surface area contributed by atoms with Gasteiger partial charge in [0.05, 0.1) is 11.3 Å². The van der Waals surface area contributed by atoms with Gasteiger partial charge in [0.1, 0.15) is 11.5 Å². The Bertz CT molecular complexity index is 1000. The van der Waals surface area contributed by atoms with Crippen LogP contribution in [-0.4, -0.2) is 29.8 Å². The smallest absolute Gasteiger partial charge is 0.282 e. The first-order chi connectivity index (χ1) is 13.9. The summed E-state index contributed by atoms with van der Waals surface area (Å²) in [5.41, 5.74) is 4.07. The molecule has 29 heavy (non-hydrogen) atoms. The molecule has 0 bridgehead atoms. The predicted molar refractivity (Wildman–Crippen MR) is 112 cm³/mol. The molecule has 0 spiro atoms. The van der Waals surface area contributed by atoms with Crippen molar-refractivity contribution in [2.75, 3.05) is 18.0 Å². The number of carbonyl (C=O) groups excluding carboxylic acids is 2. The van der Waals surface area contributed by atoms with Gasteiger partial charge in [-0.2, -0.15) is 0 Å². The maximum absolute atomic E-state index is 13.5. The van der Waals surface area contributed by atoms with E-state index in [1.165, 1.54) is 17.0 Å². The molecule has 5 heteroatoms. The quantitative estimate of drug-likeness (QED) is 0.724. The van der Waals surface area contributed by atoms with Gasteiger partial charge in [0.25, 0.3) is 11.8 Å². The molecule has 2 heterocycles. The van der Waals surface area contributed by atoms with E-state index in [-0.39, 0.29) is 17.6 Å². The van der Waals surface area contributed by atoms with Crippen LogP contribution in [0.2, 0.25) is 0 Å². The van der Waals surface area contributed by atoms with E-state index >= 15 is 0 Å². The number of imide groups is 1. The molecular formula is C24H25FN2O2. The lowest BCUT2D eigenvalue weighted by molar-refractivity contribution is -0.120. The van der Waals surface area contributed by atoms with Crippen molar-refractivity contribution in [2.24, 2.45) is 5.92 Å². The van der Waals surface area contributed by atoms with E-state index in [1.54, 1.807) is 12.1 Å². The van der Waals surface area contributed by atoms with Gasteiger partial charge < -0.3 is 4.90 Å². The minimum absolute atomic E-state index is 0.299. The minimum atomic E-state index is -0.370. The average Bonchev–Trinajstić information content (AvgIpc) is 2.96. The summed E-state index contributed by atoms with van der Waals surface area (Å²) in [7, 11) is 0. The summed E-state index contributed by atoms with van der Waals surface area (Å²) in [6.45, 7) is 7.64. The Labute approximate surface area is 170 Å². The van der Waals surface area contributed by atoms with Crippen LogP contribution in [0.4, 0.5) is 10.1 Å². The van der Waals surface area contributed by atoms with Gasteiger partial charge in [-0.15, -0.1) is 0 Å². The summed E-state index contributed by atoms with van der Waals surface area (Å²) in [5, 5.41) is 0. The molecule has 2 aromatic rings. The van der Waals surface area contributed by atoms with Crippen LogP contribution in [0.3, 0.4) is 0 Å². The number of benzene rings is 2. The molecule has 0 unspecified atom stereocenters. The maximum atomic E-state index is 13.5. The Morgan fingerprint density at radius 3 is 2.17 bits per heavy atom. The minimum Gasteiger partial charge on any atom is -0.366 e. The lowest BCUT2D eigenvalue weighted by Crippen LogP contribution is -2.38. The van der Waals surface area contributed by atoms with Gasteiger partial charge in [0.15, 0.2) is 0 Å². The monoisotopic (exact) mass is 392 g/mol. The molecule has 2 aromatic carbocycles. The summed E-state index contributed by atoms with van der Waals surface area (Å²) < 4.78 is 13.5. The largest absolute Gasteiger partial charge is 0.366 e. The third-order valence-electron chi connectivity index (χ3n) is 6.04. The van der Waals surface area contributed by atoms with E-state index in [0.29, 0.717) is 28.4 Å². The number of halogens is 1. The molecule has 1 saturated heterocycles. The maximum Gasteiger partial charge on any atom is 0.282 e. The fourth-order valence-electron chi connectivity index (χ4n) is 4.02. The number of amides is 2. The Morgan fingerprint density at radius 1 is 0.897 bits per heavy atom. The second kappa shape index (κ2) is 7.47. The third kappa shape index (κ3) is 3.46. The third-order valence-corrected chi connectivity index (χ3v) is 6.04. The molecule has 0 saturated carbocycles. The number of anilines is 1. The van der Waals surface area contributed by atoms with Crippen LogP contribution in [-0.2, 0) is 9.59 Å².